The third kappa shape index (κ3) is 3.05. The Morgan fingerprint density at radius 3 is 2.82 bits per heavy atom. The van der Waals surface area contributed by atoms with Crippen LogP contribution in [0.25, 0.3) is 5.65 Å². The van der Waals surface area contributed by atoms with Crippen LogP contribution < -0.4 is 9.47 Å². The van der Waals surface area contributed by atoms with Crippen molar-refractivity contribution in [2.75, 3.05) is 0 Å². The molecule has 0 N–H and O–H groups in total. The van der Waals surface area contributed by atoms with Crippen molar-refractivity contribution >= 4 is 5.65 Å². The molecule has 6 nitrogen and oxygen atoms in total. The van der Waals surface area contributed by atoms with Crippen molar-refractivity contribution in [3.63, 3.8) is 0 Å². The van der Waals surface area contributed by atoms with Crippen molar-refractivity contribution < 1.29 is 18.6 Å². The molecule has 7 heteroatoms. The van der Waals surface area contributed by atoms with Crippen LogP contribution in [-0.2, 0) is 18.0 Å². The lowest BCUT2D eigenvalue weighted by atomic mass is 10.1. The smallest absolute Gasteiger partial charge is 0.321 e. The SMILES string of the molecule is Fc1cc(COc2nnc3ccccn23)c2c(c1)COC(c1ccccc1)O2. The number of pyridine rings is 1. The second-order valence-electron chi connectivity index (χ2n) is 6.42. The first kappa shape index (κ1) is 16.7. The zero-order valence-corrected chi connectivity index (χ0v) is 14.8. The molecule has 0 aliphatic carbocycles. The van der Waals surface area contributed by atoms with Crippen molar-refractivity contribution in [3.05, 3.63) is 89.4 Å². The molecule has 0 saturated heterocycles. The summed E-state index contributed by atoms with van der Waals surface area (Å²) in [7, 11) is 0. The summed E-state index contributed by atoms with van der Waals surface area (Å²) in [5.41, 5.74) is 2.81. The molecule has 3 heterocycles. The second kappa shape index (κ2) is 6.94. The molecule has 1 atom stereocenters. The van der Waals surface area contributed by atoms with Crippen molar-refractivity contribution in [1.82, 2.24) is 14.6 Å². The first-order valence-corrected chi connectivity index (χ1v) is 8.85. The average molecular weight is 377 g/mol. The third-order valence-electron chi connectivity index (χ3n) is 4.53. The number of rotatable bonds is 4. The molecule has 5 rings (SSSR count). The first-order valence-electron chi connectivity index (χ1n) is 8.85. The number of nitrogens with zero attached hydrogens (tertiary/aromatic N) is 3. The van der Waals surface area contributed by atoms with Gasteiger partial charge in [0.1, 0.15) is 18.2 Å². The van der Waals surface area contributed by atoms with Gasteiger partial charge in [-0.25, -0.2) is 4.39 Å². The van der Waals surface area contributed by atoms with Crippen LogP contribution in [0.15, 0.2) is 66.9 Å². The molecule has 1 aliphatic rings. The van der Waals surface area contributed by atoms with Crippen LogP contribution in [0.5, 0.6) is 11.8 Å². The predicted molar refractivity (Wildman–Crippen MR) is 98.3 cm³/mol. The highest BCUT2D eigenvalue weighted by Crippen LogP contribution is 2.36. The van der Waals surface area contributed by atoms with Crippen LogP contribution in [0.1, 0.15) is 23.0 Å². The number of fused-ring (bicyclic) bond motifs is 2. The number of hydrogen-bond donors (Lipinski definition) is 0. The Morgan fingerprint density at radius 1 is 1.07 bits per heavy atom. The largest absolute Gasteiger partial charge is 0.460 e. The summed E-state index contributed by atoms with van der Waals surface area (Å²) in [5, 5.41) is 8.09. The van der Waals surface area contributed by atoms with Gasteiger partial charge in [-0.05, 0) is 24.3 Å². The highest BCUT2D eigenvalue weighted by atomic mass is 19.1. The Bertz CT molecular complexity index is 1130. The molecule has 1 unspecified atom stereocenters. The molecule has 0 bridgehead atoms. The summed E-state index contributed by atoms with van der Waals surface area (Å²) in [6, 6.07) is 18.3. The van der Waals surface area contributed by atoms with Crippen molar-refractivity contribution in [1.29, 1.82) is 0 Å². The third-order valence-corrected chi connectivity index (χ3v) is 4.53. The molecule has 28 heavy (non-hydrogen) atoms. The number of halogens is 1. The van der Waals surface area contributed by atoms with Crippen LogP contribution >= 0.6 is 0 Å². The van der Waals surface area contributed by atoms with Gasteiger partial charge in [-0.2, -0.15) is 0 Å². The summed E-state index contributed by atoms with van der Waals surface area (Å²) in [5.74, 6) is 0.212. The maximum Gasteiger partial charge on any atom is 0.321 e. The summed E-state index contributed by atoms with van der Waals surface area (Å²) in [4.78, 5) is 0. The lowest BCUT2D eigenvalue weighted by Gasteiger charge is -2.28. The van der Waals surface area contributed by atoms with E-state index < -0.39 is 6.29 Å². The van der Waals surface area contributed by atoms with Crippen molar-refractivity contribution in [3.8, 4) is 11.8 Å². The number of hydrogen-bond acceptors (Lipinski definition) is 5. The molecule has 0 amide bonds. The van der Waals surface area contributed by atoms with Gasteiger partial charge < -0.3 is 14.2 Å². The zero-order valence-electron chi connectivity index (χ0n) is 14.8. The van der Waals surface area contributed by atoms with Gasteiger partial charge in [0.25, 0.3) is 0 Å². The van der Waals surface area contributed by atoms with Crippen LogP contribution in [0.2, 0.25) is 0 Å². The van der Waals surface area contributed by atoms with E-state index in [1.165, 1.54) is 12.1 Å². The molecule has 2 aromatic heterocycles. The monoisotopic (exact) mass is 377 g/mol. The van der Waals surface area contributed by atoms with E-state index in [1.54, 1.807) is 4.40 Å². The normalized spacial score (nSPS) is 15.8. The maximum absolute atomic E-state index is 14.1. The number of benzene rings is 2. The van der Waals surface area contributed by atoms with Gasteiger partial charge in [-0.15, -0.1) is 5.10 Å². The summed E-state index contributed by atoms with van der Waals surface area (Å²) >= 11 is 0. The van der Waals surface area contributed by atoms with Crippen LogP contribution in [0.4, 0.5) is 4.39 Å². The van der Waals surface area contributed by atoms with Gasteiger partial charge in [0.05, 0.1) is 6.61 Å². The van der Waals surface area contributed by atoms with Crippen LogP contribution in [-0.4, -0.2) is 14.6 Å². The highest BCUT2D eigenvalue weighted by Gasteiger charge is 2.25. The summed E-state index contributed by atoms with van der Waals surface area (Å²) in [6.07, 6.45) is 1.26. The van der Waals surface area contributed by atoms with Gasteiger partial charge in [0.15, 0.2) is 5.65 Å². The molecule has 2 aromatic carbocycles. The Kier molecular flexibility index (Phi) is 4.14. The van der Waals surface area contributed by atoms with E-state index in [0.29, 0.717) is 28.5 Å². The fraction of sp³-hybridized carbons (Fsp3) is 0.143. The van der Waals surface area contributed by atoms with Crippen molar-refractivity contribution in [2.24, 2.45) is 0 Å². The highest BCUT2D eigenvalue weighted by molar-refractivity contribution is 5.43. The zero-order chi connectivity index (χ0) is 18.9. The van der Waals surface area contributed by atoms with Gasteiger partial charge >= 0.3 is 6.01 Å². The van der Waals surface area contributed by atoms with E-state index in [2.05, 4.69) is 10.2 Å². The topological polar surface area (TPSA) is 57.9 Å². The fourth-order valence-electron chi connectivity index (χ4n) is 3.22. The van der Waals surface area contributed by atoms with Gasteiger partial charge in [0.2, 0.25) is 6.29 Å². The lowest BCUT2D eigenvalue weighted by Crippen LogP contribution is -2.20. The van der Waals surface area contributed by atoms with E-state index in [0.717, 1.165) is 5.56 Å². The molecule has 1 aliphatic heterocycles. The number of aromatic nitrogens is 3. The van der Waals surface area contributed by atoms with Gasteiger partial charge in [0, 0.05) is 22.9 Å². The molecule has 0 saturated carbocycles. The minimum absolute atomic E-state index is 0.0945. The Hall–Kier alpha value is -3.45. The Morgan fingerprint density at radius 2 is 1.93 bits per heavy atom. The molecule has 0 radical (unpaired) electrons. The minimum Gasteiger partial charge on any atom is -0.460 e. The first-order chi connectivity index (χ1) is 13.8. The molecular formula is C21H16FN3O3. The van der Waals surface area contributed by atoms with E-state index in [1.807, 2.05) is 54.7 Å². The molecule has 140 valence electrons. The molecular weight excluding hydrogens is 361 g/mol. The Balaban J connectivity index is 1.43. The fourth-order valence-corrected chi connectivity index (χ4v) is 3.22. The van der Waals surface area contributed by atoms with Gasteiger partial charge in [-0.3, -0.25) is 4.40 Å². The average Bonchev–Trinajstić information content (AvgIpc) is 3.15. The van der Waals surface area contributed by atoms with E-state index in [-0.39, 0.29) is 19.0 Å². The van der Waals surface area contributed by atoms with E-state index >= 15 is 0 Å². The van der Waals surface area contributed by atoms with E-state index in [4.69, 9.17) is 14.2 Å². The Labute approximate surface area is 160 Å². The standard InChI is InChI=1S/C21H16FN3O3/c22-17-10-15-12-26-20(14-6-2-1-3-7-14)28-19(15)16(11-17)13-27-21-24-23-18-8-4-5-9-25(18)21/h1-11,20H,12-13H2. The lowest BCUT2D eigenvalue weighted by molar-refractivity contribution is -0.112. The second-order valence-corrected chi connectivity index (χ2v) is 6.42. The van der Waals surface area contributed by atoms with Crippen LogP contribution in [0, 0.1) is 5.82 Å². The minimum atomic E-state index is -0.549. The van der Waals surface area contributed by atoms with Gasteiger partial charge in [-0.1, -0.05) is 41.5 Å². The molecule has 4 aromatic rings. The molecule has 0 fully saturated rings. The summed E-state index contributed by atoms with van der Waals surface area (Å²) in [6.45, 7) is 0.352. The van der Waals surface area contributed by atoms with Crippen molar-refractivity contribution in [2.45, 2.75) is 19.5 Å². The molecule has 0 spiro atoms. The quantitative estimate of drug-likeness (QED) is 0.537. The van der Waals surface area contributed by atoms with E-state index in [9.17, 15) is 4.39 Å². The van der Waals surface area contributed by atoms with Crippen LogP contribution in [0.3, 0.4) is 0 Å². The number of ether oxygens (including phenoxy) is 3. The summed E-state index contributed by atoms with van der Waals surface area (Å²) < 4.78 is 33.4. The predicted octanol–water partition coefficient (Wildman–Crippen LogP) is 4.06. The maximum atomic E-state index is 14.1.